The summed E-state index contributed by atoms with van der Waals surface area (Å²) in [6.07, 6.45) is 0. The average Bonchev–Trinajstić information content (AvgIpc) is 2.93. The summed E-state index contributed by atoms with van der Waals surface area (Å²) >= 11 is 7.26. The molecule has 2 aromatic rings. The molecule has 1 aromatic carbocycles. The average molecular weight is 312 g/mol. The van der Waals surface area contributed by atoms with E-state index >= 15 is 0 Å². The highest BCUT2D eigenvalue weighted by molar-refractivity contribution is 7.08. The zero-order valence-corrected chi connectivity index (χ0v) is 12.3. The molecule has 20 heavy (non-hydrogen) atoms. The molecule has 2 rings (SSSR count). The summed E-state index contributed by atoms with van der Waals surface area (Å²) in [6.45, 7) is 1.65. The Hall–Kier alpha value is -1.56. The van der Waals surface area contributed by atoms with E-state index < -0.39 is 11.5 Å². The number of phenols is 1. The molecule has 0 saturated heterocycles. The number of carbonyl (C=O) groups excluding carboxylic acids is 1. The molecule has 1 unspecified atom stereocenters. The van der Waals surface area contributed by atoms with Crippen molar-refractivity contribution < 1.29 is 15.0 Å². The zero-order valence-electron chi connectivity index (χ0n) is 10.8. The number of rotatable bonds is 4. The second-order valence-corrected chi connectivity index (χ2v) is 5.85. The Kier molecular flexibility index (Phi) is 4.32. The number of benzene rings is 1. The van der Waals surface area contributed by atoms with Crippen molar-refractivity contribution in [3.63, 3.8) is 0 Å². The Bertz CT molecular complexity index is 611. The van der Waals surface area contributed by atoms with Crippen molar-refractivity contribution in [2.75, 3.05) is 6.54 Å². The van der Waals surface area contributed by atoms with Gasteiger partial charge in [0.1, 0.15) is 11.4 Å². The van der Waals surface area contributed by atoms with Gasteiger partial charge in [-0.2, -0.15) is 11.3 Å². The van der Waals surface area contributed by atoms with Crippen molar-refractivity contribution in [1.82, 2.24) is 5.32 Å². The molecule has 0 aliphatic heterocycles. The number of hydrogen-bond acceptors (Lipinski definition) is 4. The van der Waals surface area contributed by atoms with E-state index in [9.17, 15) is 15.0 Å². The summed E-state index contributed by atoms with van der Waals surface area (Å²) in [5.41, 5.74) is -0.346. The molecule has 0 spiro atoms. The maximum atomic E-state index is 12.0. The van der Waals surface area contributed by atoms with Crippen LogP contribution in [0.2, 0.25) is 5.02 Å². The molecule has 4 nitrogen and oxygen atoms in total. The van der Waals surface area contributed by atoms with Gasteiger partial charge in [-0.1, -0.05) is 11.6 Å². The van der Waals surface area contributed by atoms with Gasteiger partial charge in [-0.15, -0.1) is 0 Å². The first-order valence-corrected chi connectivity index (χ1v) is 7.24. The fourth-order valence-corrected chi connectivity index (χ4v) is 2.67. The molecule has 0 aliphatic rings. The standard InChI is InChI=1S/C14H14ClNO3S/c1-14(19,9-4-5-20-7-9)8-16-13(18)11-6-10(15)2-3-12(11)17/h2-7,17,19H,8H2,1H3,(H,16,18). The maximum absolute atomic E-state index is 12.0. The minimum atomic E-state index is -1.16. The molecule has 0 radical (unpaired) electrons. The third-order valence-electron chi connectivity index (χ3n) is 2.94. The van der Waals surface area contributed by atoms with E-state index in [1.165, 1.54) is 29.5 Å². The largest absolute Gasteiger partial charge is 0.507 e. The summed E-state index contributed by atoms with van der Waals surface area (Å²) in [5.74, 6) is -0.636. The first-order valence-electron chi connectivity index (χ1n) is 5.92. The van der Waals surface area contributed by atoms with Crippen LogP contribution in [0.3, 0.4) is 0 Å². The molecular weight excluding hydrogens is 298 g/mol. The van der Waals surface area contributed by atoms with E-state index in [-0.39, 0.29) is 17.9 Å². The Balaban J connectivity index is 2.07. The molecular formula is C14H14ClNO3S. The van der Waals surface area contributed by atoms with Crippen molar-refractivity contribution >= 4 is 28.8 Å². The molecule has 1 atom stereocenters. The van der Waals surface area contributed by atoms with Crippen LogP contribution in [-0.2, 0) is 5.60 Å². The number of amides is 1. The lowest BCUT2D eigenvalue weighted by Crippen LogP contribution is -2.38. The van der Waals surface area contributed by atoms with Gasteiger partial charge in [-0.05, 0) is 47.5 Å². The van der Waals surface area contributed by atoms with Crippen LogP contribution in [0, 0.1) is 0 Å². The number of aromatic hydroxyl groups is 1. The van der Waals surface area contributed by atoms with Crippen molar-refractivity contribution in [2.45, 2.75) is 12.5 Å². The summed E-state index contributed by atoms with van der Waals surface area (Å²) in [7, 11) is 0. The molecule has 0 bridgehead atoms. The lowest BCUT2D eigenvalue weighted by Gasteiger charge is -2.22. The third kappa shape index (κ3) is 3.30. The number of aliphatic hydroxyl groups is 1. The van der Waals surface area contributed by atoms with Crippen LogP contribution in [0.1, 0.15) is 22.8 Å². The van der Waals surface area contributed by atoms with Gasteiger partial charge in [0.15, 0.2) is 0 Å². The Morgan fingerprint density at radius 2 is 2.20 bits per heavy atom. The summed E-state index contributed by atoms with van der Waals surface area (Å²) in [6, 6.07) is 6.03. The highest BCUT2D eigenvalue weighted by Gasteiger charge is 2.25. The molecule has 0 fully saturated rings. The van der Waals surface area contributed by atoms with E-state index in [2.05, 4.69) is 5.32 Å². The first kappa shape index (κ1) is 14.8. The number of thiophene rings is 1. The smallest absolute Gasteiger partial charge is 0.255 e. The molecule has 0 aliphatic carbocycles. The normalized spacial score (nSPS) is 13.8. The van der Waals surface area contributed by atoms with Gasteiger partial charge in [0.25, 0.3) is 5.91 Å². The van der Waals surface area contributed by atoms with Crippen LogP contribution in [0.15, 0.2) is 35.0 Å². The SMILES string of the molecule is CC(O)(CNC(=O)c1cc(Cl)ccc1O)c1ccsc1. The van der Waals surface area contributed by atoms with Crippen molar-refractivity contribution in [1.29, 1.82) is 0 Å². The lowest BCUT2D eigenvalue weighted by atomic mass is 9.99. The van der Waals surface area contributed by atoms with E-state index in [1.54, 1.807) is 13.0 Å². The van der Waals surface area contributed by atoms with Crippen LogP contribution >= 0.6 is 22.9 Å². The molecule has 1 amide bonds. The van der Waals surface area contributed by atoms with Gasteiger partial charge >= 0.3 is 0 Å². The van der Waals surface area contributed by atoms with Crippen LogP contribution in [0.25, 0.3) is 0 Å². The Labute approximate surface area is 125 Å². The summed E-state index contributed by atoms with van der Waals surface area (Å²) in [5, 5.41) is 26.6. The minimum Gasteiger partial charge on any atom is -0.507 e. The second-order valence-electron chi connectivity index (χ2n) is 4.63. The fourth-order valence-electron chi connectivity index (χ4n) is 1.71. The Morgan fingerprint density at radius 1 is 1.45 bits per heavy atom. The fraction of sp³-hybridized carbons (Fsp3) is 0.214. The van der Waals surface area contributed by atoms with E-state index in [0.29, 0.717) is 5.02 Å². The Morgan fingerprint density at radius 3 is 2.85 bits per heavy atom. The van der Waals surface area contributed by atoms with Crippen LogP contribution in [0.4, 0.5) is 0 Å². The van der Waals surface area contributed by atoms with Crippen LogP contribution in [0.5, 0.6) is 5.75 Å². The maximum Gasteiger partial charge on any atom is 0.255 e. The lowest BCUT2D eigenvalue weighted by molar-refractivity contribution is 0.0529. The molecule has 106 valence electrons. The van der Waals surface area contributed by atoms with Crippen molar-refractivity contribution in [3.8, 4) is 5.75 Å². The molecule has 1 heterocycles. The van der Waals surface area contributed by atoms with Crippen LogP contribution in [-0.4, -0.2) is 22.7 Å². The number of halogens is 1. The summed E-state index contributed by atoms with van der Waals surface area (Å²) in [4.78, 5) is 12.0. The number of carbonyl (C=O) groups is 1. The number of phenolic OH excluding ortho intramolecular Hbond substituents is 1. The van der Waals surface area contributed by atoms with Gasteiger partial charge in [-0.25, -0.2) is 0 Å². The van der Waals surface area contributed by atoms with Gasteiger partial charge in [0.05, 0.1) is 12.1 Å². The summed E-state index contributed by atoms with van der Waals surface area (Å²) < 4.78 is 0. The topological polar surface area (TPSA) is 69.6 Å². The van der Waals surface area contributed by atoms with E-state index in [0.717, 1.165) is 5.56 Å². The number of hydrogen-bond donors (Lipinski definition) is 3. The minimum absolute atomic E-state index is 0.0362. The van der Waals surface area contributed by atoms with Gasteiger partial charge in [0.2, 0.25) is 0 Å². The van der Waals surface area contributed by atoms with Gasteiger partial charge in [-0.3, -0.25) is 4.79 Å². The van der Waals surface area contributed by atoms with E-state index in [1.807, 2.05) is 10.8 Å². The molecule has 0 saturated carbocycles. The zero-order chi connectivity index (χ0) is 14.8. The quantitative estimate of drug-likeness (QED) is 0.813. The van der Waals surface area contributed by atoms with Crippen LogP contribution < -0.4 is 5.32 Å². The second kappa shape index (κ2) is 5.83. The number of nitrogens with one attached hydrogen (secondary N) is 1. The molecule has 1 aromatic heterocycles. The highest BCUT2D eigenvalue weighted by atomic mass is 35.5. The highest BCUT2D eigenvalue weighted by Crippen LogP contribution is 2.24. The predicted molar refractivity (Wildman–Crippen MR) is 79.3 cm³/mol. The molecule has 3 N–H and O–H groups in total. The van der Waals surface area contributed by atoms with Crippen molar-refractivity contribution in [3.05, 3.63) is 51.2 Å². The third-order valence-corrected chi connectivity index (χ3v) is 3.86. The van der Waals surface area contributed by atoms with Crippen molar-refractivity contribution in [2.24, 2.45) is 0 Å². The van der Waals surface area contributed by atoms with Gasteiger partial charge in [0, 0.05) is 5.02 Å². The first-order chi connectivity index (χ1) is 9.40. The predicted octanol–water partition coefficient (Wildman–Crippen LogP) is 2.74. The molecule has 6 heteroatoms. The monoisotopic (exact) mass is 311 g/mol. The van der Waals surface area contributed by atoms with Gasteiger partial charge < -0.3 is 15.5 Å². The van der Waals surface area contributed by atoms with E-state index in [4.69, 9.17) is 11.6 Å².